The van der Waals surface area contributed by atoms with Crippen LogP contribution >= 0.6 is 0 Å². The topological polar surface area (TPSA) is 81.7 Å². The van der Waals surface area contributed by atoms with Crippen LogP contribution in [-0.4, -0.2) is 38.1 Å². The van der Waals surface area contributed by atoms with Gasteiger partial charge in [0, 0.05) is 5.56 Å². The molecule has 0 radical (unpaired) electrons. The Bertz CT molecular complexity index is 786. The molecule has 0 aliphatic carbocycles. The first-order valence-corrected chi connectivity index (χ1v) is 8.58. The van der Waals surface area contributed by atoms with Crippen molar-refractivity contribution in [2.75, 3.05) is 14.2 Å². The molecule has 0 heterocycles. The molecule has 0 spiro atoms. The van der Waals surface area contributed by atoms with Crippen LogP contribution in [0.2, 0.25) is 0 Å². The van der Waals surface area contributed by atoms with E-state index in [1.807, 2.05) is 42.5 Å². The molecule has 0 bridgehead atoms. The Morgan fingerprint density at radius 2 is 1.41 bits per heavy atom. The van der Waals surface area contributed by atoms with Gasteiger partial charge in [-0.3, -0.25) is 9.59 Å². The fraction of sp³-hybridized carbons (Fsp3) is 0.286. The van der Waals surface area contributed by atoms with E-state index in [9.17, 15) is 14.4 Å². The summed E-state index contributed by atoms with van der Waals surface area (Å²) in [4.78, 5) is 36.1. The second-order valence-electron chi connectivity index (χ2n) is 6.15. The fourth-order valence-electron chi connectivity index (χ4n) is 2.69. The van der Waals surface area contributed by atoms with Crippen molar-refractivity contribution < 1.29 is 23.9 Å². The summed E-state index contributed by atoms with van der Waals surface area (Å²) in [6.45, 7) is 1.63. The standard InChI is InChI=1S/C21H23NO5/c1-14(20(24)26-2)13-18(21(25)27-3)22-19(23)17-11-9-16(10-12-17)15-7-5-4-6-8-15/h4-12,14,18H,13H2,1-3H3,(H,22,23)/t14-,18-/m1/s1. The maximum Gasteiger partial charge on any atom is 0.328 e. The van der Waals surface area contributed by atoms with Gasteiger partial charge in [-0.2, -0.15) is 0 Å². The molecule has 27 heavy (non-hydrogen) atoms. The number of benzene rings is 2. The van der Waals surface area contributed by atoms with E-state index in [2.05, 4.69) is 10.1 Å². The van der Waals surface area contributed by atoms with E-state index in [4.69, 9.17) is 4.74 Å². The third kappa shape index (κ3) is 5.41. The van der Waals surface area contributed by atoms with E-state index in [1.54, 1.807) is 19.1 Å². The summed E-state index contributed by atoms with van der Waals surface area (Å²) in [5.74, 6) is -2.03. The molecule has 2 aromatic rings. The third-order valence-corrected chi connectivity index (χ3v) is 4.24. The lowest BCUT2D eigenvalue weighted by Crippen LogP contribution is -2.43. The number of methoxy groups -OCH3 is 2. The van der Waals surface area contributed by atoms with Gasteiger partial charge in [-0.1, -0.05) is 49.4 Å². The normalized spacial score (nSPS) is 12.6. The fourth-order valence-corrected chi connectivity index (χ4v) is 2.69. The van der Waals surface area contributed by atoms with Crippen LogP contribution in [-0.2, 0) is 19.1 Å². The highest BCUT2D eigenvalue weighted by Gasteiger charge is 2.27. The van der Waals surface area contributed by atoms with E-state index in [0.717, 1.165) is 11.1 Å². The van der Waals surface area contributed by atoms with Crippen molar-refractivity contribution in [2.24, 2.45) is 5.92 Å². The smallest absolute Gasteiger partial charge is 0.328 e. The van der Waals surface area contributed by atoms with Gasteiger partial charge >= 0.3 is 11.9 Å². The van der Waals surface area contributed by atoms with Crippen LogP contribution in [0.4, 0.5) is 0 Å². The number of rotatable bonds is 7. The molecule has 0 fully saturated rings. The van der Waals surface area contributed by atoms with Gasteiger partial charge in [-0.15, -0.1) is 0 Å². The van der Waals surface area contributed by atoms with Crippen LogP contribution in [0.3, 0.4) is 0 Å². The molecule has 0 saturated carbocycles. The zero-order valence-electron chi connectivity index (χ0n) is 15.6. The highest BCUT2D eigenvalue weighted by molar-refractivity contribution is 5.97. The Hall–Kier alpha value is -3.15. The van der Waals surface area contributed by atoms with Gasteiger partial charge in [-0.05, 0) is 29.7 Å². The van der Waals surface area contributed by atoms with Crippen molar-refractivity contribution in [2.45, 2.75) is 19.4 Å². The summed E-state index contributed by atoms with van der Waals surface area (Å²) in [7, 11) is 2.51. The summed E-state index contributed by atoms with van der Waals surface area (Å²) in [6.07, 6.45) is 0.0905. The molecule has 0 aromatic heterocycles. The zero-order valence-corrected chi connectivity index (χ0v) is 15.6. The van der Waals surface area contributed by atoms with Crippen molar-refractivity contribution in [3.05, 3.63) is 60.2 Å². The van der Waals surface area contributed by atoms with E-state index in [0.29, 0.717) is 5.56 Å². The summed E-state index contributed by atoms with van der Waals surface area (Å²) in [6, 6.07) is 15.9. The predicted octanol–water partition coefficient (Wildman–Crippen LogP) is 2.82. The molecule has 1 N–H and O–H groups in total. The number of carbonyl (C=O) groups excluding carboxylic acids is 3. The van der Waals surface area contributed by atoms with Crippen molar-refractivity contribution in [3.8, 4) is 11.1 Å². The number of carbonyl (C=O) groups is 3. The van der Waals surface area contributed by atoms with Crippen LogP contribution in [0.5, 0.6) is 0 Å². The highest BCUT2D eigenvalue weighted by Crippen LogP contribution is 2.19. The Morgan fingerprint density at radius 1 is 0.852 bits per heavy atom. The SMILES string of the molecule is COC(=O)[C@H](C)C[C@@H](NC(=O)c1ccc(-c2ccccc2)cc1)C(=O)OC. The Kier molecular flexibility index (Phi) is 7.11. The summed E-state index contributed by atoms with van der Waals surface area (Å²) in [5, 5.41) is 2.63. The molecule has 0 unspecified atom stereocenters. The number of hydrogen-bond donors (Lipinski definition) is 1. The second-order valence-corrected chi connectivity index (χ2v) is 6.15. The number of nitrogens with one attached hydrogen (secondary N) is 1. The largest absolute Gasteiger partial charge is 0.469 e. The van der Waals surface area contributed by atoms with Crippen molar-refractivity contribution in [1.82, 2.24) is 5.32 Å². The molecule has 142 valence electrons. The molecule has 6 nitrogen and oxygen atoms in total. The Labute approximate surface area is 158 Å². The first kappa shape index (κ1) is 20.2. The number of hydrogen-bond acceptors (Lipinski definition) is 5. The number of ether oxygens (including phenoxy) is 2. The van der Waals surface area contributed by atoms with Crippen LogP contribution in [0.25, 0.3) is 11.1 Å². The van der Waals surface area contributed by atoms with Crippen molar-refractivity contribution in [1.29, 1.82) is 0 Å². The molecule has 0 saturated heterocycles. The summed E-state index contributed by atoms with van der Waals surface area (Å²) < 4.78 is 9.40. The van der Waals surface area contributed by atoms with Crippen LogP contribution in [0, 0.1) is 5.92 Å². The summed E-state index contributed by atoms with van der Waals surface area (Å²) >= 11 is 0. The van der Waals surface area contributed by atoms with Crippen molar-refractivity contribution >= 4 is 17.8 Å². The first-order valence-electron chi connectivity index (χ1n) is 8.58. The van der Waals surface area contributed by atoms with Gasteiger partial charge in [0.05, 0.1) is 20.1 Å². The predicted molar refractivity (Wildman–Crippen MR) is 101 cm³/mol. The zero-order chi connectivity index (χ0) is 19.8. The molecule has 1 amide bonds. The lowest BCUT2D eigenvalue weighted by atomic mass is 10.0. The molecule has 2 aromatic carbocycles. The van der Waals surface area contributed by atoms with Gasteiger partial charge in [0.2, 0.25) is 0 Å². The minimum absolute atomic E-state index is 0.0905. The minimum Gasteiger partial charge on any atom is -0.469 e. The third-order valence-electron chi connectivity index (χ3n) is 4.24. The van der Waals surface area contributed by atoms with Gasteiger partial charge in [-0.25, -0.2) is 4.79 Å². The van der Waals surface area contributed by atoms with Crippen molar-refractivity contribution in [3.63, 3.8) is 0 Å². The lowest BCUT2D eigenvalue weighted by Gasteiger charge is -2.19. The van der Waals surface area contributed by atoms with Gasteiger partial charge < -0.3 is 14.8 Å². The number of amides is 1. The van der Waals surface area contributed by atoms with E-state index in [1.165, 1.54) is 14.2 Å². The number of esters is 2. The molecular formula is C21H23NO5. The first-order chi connectivity index (χ1) is 13.0. The minimum atomic E-state index is -0.939. The quantitative estimate of drug-likeness (QED) is 0.759. The molecular weight excluding hydrogens is 346 g/mol. The summed E-state index contributed by atoms with van der Waals surface area (Å²) in [5.41, 5.74) is 2.44. The molecule has 0 aliphatic rings. The average Bonchev–Trinajstić information content (AvgIpc) is 2.72. The van der Waals surface area contributed by atoms with E-state index >= 15 is 0 Å². The maximum absolute atomic E-state index is 12.5. The molecule has 0 aliphatic heterocycles. The van der Waals surface area contributed by atoms with Crippen LogP contribution in [0.1, 0.15) is 23.7 Å². The molecule has 2 atom stereocenters. The molecule has 6 heteroatoms. The maximum atomic E-state index is 12.5. The Balaban J connectivity index is 2.10. The van der Waals surface area contributed by atoms with Gasteiger partial charge in [0.1, 0.15) is 6.04 Å². The van der Waals surface area contributed by atoms with Crippen LogP contribution < -0.4 is 5.32 Å². The monoisotopic (exact) mass is 369 g/mol. The second kappa shape index (κ2) is 9.52. The van der Waals surface area contributed by atoms with E-state index in [-0.39, 0.29) is 6.42 Å². The van der Waals surface area contributed by atoms with Crippen LogP contribution in [0.15, 0.2) is 54.6 Å². The lowest BCUT2D eigenvalue weighted by molar-refractivity contribution is -0.147. The van der Waals surface area contributed by atoms with Gasteiger partial charge in [0.25, 0.3) is 5.91 Å². The molecule has 2 rings (SSSR count). The average molecular weight is 369 g/mol. The van der Waals surface area contributed by atoms with E-state index < -0.39 is 29.8 Å². The van der Waals surface area contributed by atoms with Gasteiger partial charge in [0.15, 0.2) is 0 Å². The Morgan fingerprint density at radius 3 is 1.96 bits per heavy atom. The highest BCUT2D eigenvalue weighted by atomic mass is 16.5.